The summed E-state index contributed by atoms with van der Waals surface area (Å²) < 4.78 is 41.1. The number of aromatic nitrogens is 2. The van der Waals surface area contributed by atoms with Crippen LogP contribution < -0.4 is 5.32 Å². The summed E-state index contributed by atoms with van der Waals surface area (Å²) in [5.74, 6) is -0.560. The number of carbonyl (C=O) groups excluding carboxylic acids is 1. The van der Waals surface area contributed by atoms with E-state index in [1.807, 2.05) is 51.1 Å². The van der Waals surface area contributed by atoms with Gasteiger partial charge in [-0.05, 0) is 29.8 Å². The SMILES string of the molecule is CN(CC(=O)Nc1cc(C(C)(C)C)nn1Cc1ccccc1)S(=O)(=O)c1ccc(F)cc1. The molecule has 0 atom stereocenters. The number of nitrogens with zero attached hydrogens (tertiary/aromatic N) is 3. The van der Waals surface area contributed by atoms with Crippen molar-refractivity contribution in [1.29, 1.82) is 0 Å². The average molecular weight is 459 g/mol. The first kappa shape index (κ1) is 23.6. The first-order chi connectivity index (χ1) is 15.0. The lowest BCUT2D eigenvalue weighted by molar-refractivity contribution is -0.116. The molecular weight excluding hydrogens is 431 g/mol. The van der Waals surface area contributed by atoms with Crippen LogP contribution in [0.4, 0.5) is 10.2 Å². The van der Waals surface area contributed by atoms with E-state index in [1.54, 1.807) is 10.7 Å². The van der Waals surface area contributed by atoms with Gasteiger partial charge in [0.1, 0.15) is 11.6 Å². The van der Waals surface area contributed by atoms with E-state index >= 15 is 0 Å². The van der Waals surface area contributed by atoms with Gasteiger partial charge in [0.2, 0.25) is 15.9 Å². The number of anilines is 1. The number of hydrogen-bond donors (Lipinski definition) is 1. The van der Waals surface area contributed by atoms with Crippen molar-refractivity contribution in [1.82, 2.24) is 14.1 Å². The molecule has 0 saturated carbocycles. The minimum atomic E-state index is -3.94. The second-order valence-corrected chi connectivity index (χ2v) is 10.6. The Morgan fingerprint density at radius 1 is 1.09 bits per heavy atom. The first-order valence-corrected chi connectivity index (χ1v) is 11.5. The number of benzene rings is 2. The fourth-order valence-electron chi connectivity index (χ4n) is 3.02. The summed E-state index contributed by atoms with van der Waals surface area (Å²) in [5.41, 5.74) is 1.59. The summed E-state index contributed by atoms with van der Waals surface area (Å²) in [6, 6.07) is 16.0. The molecule has 0 unspecified atom stereocenters. The van der Waals surface area contributed by atoms with Crippen molar-refractivity contribution in [3.63, 3.8) is 0 Å². The summed E-state index contributed by atoms with van der Waals surface area (Å²) in [5, 5.41) is 7.43. The molecule has 3 rings (SSSR count). The third-order valence-corrected chi connectivity index (χ3v) is 6.70. The molecule has 170 valence electrons. The lowest BCUT2D eigenvalue weighted by Crippen LogP contribution is -2.35. The molecule has 1 N–H and O–H groups in total. The summed E-state index contributed by atoms with van der Waals surface area (Å²) in [6.45, 7) is 6.13. The molecular formula is C23H27FN4O3S. The van der Waals surface area contributed by atoms with E-state index in [1.165, 1.54) is 19.2 Å². The molecule has 1 amide bonds. The van der Waals surface area contributed by atoms with Gasteiger partial charge in [-0.1, -0.05) is 51.1 Å². The van der Waals surface area contributed by atoms with Crippen LogP contribution >= 0.6 is 0 Å². The maximum absolute atomic E-state index is 13.1. The van der Waals surface area contributed by atoms with Crippen molar-refractivity contribution in [2.75, 3.05) is 18.9 Å². The van der Waals surface area contributed by atoms with Crippen molar-refractivity contribution in [2.24, 2.45) is 0 Å². The number of rotatable bonds is 7. The Balaban J connectivity index is 1.78. The van der Waals surface area contributed by atoms with Gasteiger partial charge in [-0.15, -0.1) is 0 Å². The number of nitrogens with one attached hydrogen (secondary N) is 1. The van der Waals surface area contributed by atoms with Gasteiger partial charge in [-0.25, -0.2) is 17.5 Å². The van der Waals surface area contributed by atoms with Gasteiger partial charge in [0.25, 0.3) is 0 Å². The van der Waals surface area contributed by atoms with Crippen LogP contribution in [0.1, 0.15) is 32.0 Å². The number of likely N-dealkylation sites (N-methyl/N-ethyl adjacent to an activating group) is 1. The van der Waals surface area contributed by atoms with Crippen LogP contribution in [0.25, 0.3) is 0 Å². The molecule has 0 saturated heterocycles. The lowest BCUT2D eigenvalue weighted by atomic mass is 9.92. The second-order valence-electron chi connectivity index (χ2n) is 8.57. The number of sulfonamides is 1. The topological polar surface area (TPSA) is 84.3 Å². The molecule has 2 aromatic carbocycles. The van der Waals surface area contributed by atoms with Crippen molar-refractivity contribution in [2.45, 2.75) is 37.6 Å². The molecule has 0 spiro atoms. The van der Waals surface area contributed by atoms with Crippen molar-refractivity contribution in [3.8, 4) is 0 Å². The Bertz CT molecular complexity index is 1180. The third kappa shape index (κ3) is 5.60. The van der Waals surface area contributed by atoms with Crippen molar-refractivity contribution >= 4 is 21.7 Å². The molecule has 1 aromatic heterocycles. The van der Waals surface area contributed by atoms with E-state index in [4.69, 9.17) is 0 Å². The zero-order valence-electron chi connectivity index (χ0n) is 18.5. The smallest absolute Gasteiger partial charge is 0.243 e. The molecule has 0 radical (unpaired) electrons. The van der Waals surface area contributed by atoms with Gasteiger partial charge in [0.05, 0.1) is 23.7 Å². The second kappa shape index (κ2) is 9.22. The number of halogens is 1. The first-order valence-electron chi connectivity index (χ1n) is 10.1. The Hall–Kier alpha value is -3.04. The molecule has 0 aliphatic rings. The molecule has 0 aliphatic carbocycles. The minimum absolute atomic E-state index is 0.0849. The highest BCUT2D eigenvalue weighted by Gasteiger charge is 2.25. The summed E-state index contributed by atoms with van der Waals surface area (Å²) >= 11 is 0. The Morgan fingerprint density at radius 3 is 2.31 bits per heavy atom. The largest absolute Gasteiger partial charge is 0.310 e. The van der Waals surface area contributed by atoms with Crippen LogP contribution in [0.5, 0.6) is 0 Å². The third-order valence-electron chi connectivity index (χ3n) is 4.88. The quantitative estimate of drug-likeness (QED) is 0.586. The normalized spacial score (nSPS) is 12.2. The van der Waals surface area contributed by atoms with Gasteiger partial charge < -0.3 is 5.32 Å². The van der Waals surface area contributed by atoms with Crippen molar-refractivity contribution < 1.29 is 17.6 Å². The molecule has 0 aliphatic heterocycles. The fraction of sp³-hybridized carbons (Fsp3) is 0.304. The maximum Gasteiger partial charge on any atom is 0.243 e. The van der Waals surface area contributed by atoms with Crippen LogP contribution in [-0.2, 0) is 26.8 Å². The van der Waals surface area contributed by atoms with Crippen LogP contribution in [0, 0.1) is 5.82 Å². The van der Waals surface area contributed by atoms with Crippen LogP contribution in [0.3, 0.4) is 0 Å². The number of amides is 1. The zero-order chi connectivity index (χ0) is 23.5. The summed E-state index contributed by atoms with van der Waals surface area (Å²) in [7, 11) is -2.63. The molecule has 9 heteroatoms. The monoisotopic (exact) mass is 458 g/mol. The van der Waals surface area contributed by atoms with Gasteiger partial charge in [-0.3, -0.25) is 4.79 Å². The van der Waals surface area contributed by atoms with Gasteiger partial charge in [0, 0.05) is 18.5 Å². The maximum atomic E-state index is 13.1. The van der Waals surface area contributed by atoms with Crippen LogP contribution in [0.2, 0.25) is 0 Å². The van der Waals surface area contributed by atoms with Crippen molar-refractivity contribution in [3.05, 3.63) is 77.7 Å². The molecule has 32 heavy (non-hydrogen) atoms. The Morgan fingerprint density at radius 2 is 1.72 bits per heavy atom. The number of carbonyl (C=O) groups is 1. The Kier molecular flexibility index (Phi) is 6.80. The molecule has 1 heterocycles. The highest BCUT2D eigenvalue weighted by Crippen LogP contribution is 2.25. The molecule has 0 bridgehead atoms. The molecule has 7 nitrogen and oxygen atoms in total. The number of hydrogen-bond acceptors (Lipinski definition) is 4. The summed E-state index contributed by atoms with van der Waals surface area (Å²) in [6.07, 6.45) is 0. The molecule has 3 aromatic rings. The van der Waals surface area contributed by atoms with E-state index in [0.29, 0.717) is 12.4 Å². The minimum Gasteiger partial charge on any atom is -0.310 e. The highest BCUT2D eigenvalue weighted by molar-refractivity contribution is 7.89. The van der Waals surface area contributed by atoms with E-state index in [0.717, 1.165) is 27.7 Å². The van der Waals surface area contributed by atoms with Gasteiger partial charge in [0.15, 0.2) is 0 Å². The standard InChI is InChI=1S/C23H27FN4O3S/c1-23(2,3)20-14-21(28(26-20)15-17-8-6-5-7-9-17)25-22(29)16-27(4)32(30,31)19-12-10-18(24)11-13-19/h5-14H,15-16H2,1-4H3,(H,25,29). The van der Waals surface area contributed by atoms with Gasteiger partial charge >= 0.3 is 0 Å². The van der Waals surface area contributed by atoms with E-state index < -0.39 is 28.3 Å². The van der Waals surface area contributed by atoms with E-state index in [-0.39, 0.29) is 10.3 Å². The van der Waals surface area contributed by atoms with Gasteiger partial charge in [-0.2, -0.15) is 9.40 Å². The lowest BCUT2D eigenvalue weighted by Gasteiger charge is -2.17. The van der Waals surface area contributed by atoms with E-state index in [9.17, 15) is 17.6 Å². The average Bonchev–Trinajstić information content (AvgIpc) is 3.11. The molecule has 0 fully saturated rings. The predicted octanol–water partition coefficient (Wildman–Crippen LogP) is 3.63. The predicted molar refractivity (Wildman–Crippen MR) is 121 cm³/mol. The van der Waals surface area contributed by atoms with Crippen LogP contribution in [0.15, 0.2) is 65.6 Å². The van der Waals surface area contributed by atoms with E-state index in [2.05, 4.69) is 10.4 Å². The Labute approximate surface area is 187 Å². The fourth-order valence-corrected chi connectivity index (χ4v) is 4.14. The summed E-state index contributed by atoms with van der Waals surface area (Å²) in [4.78, 5) is 12.6. The van der Waals surface area contributed by atoms with Crippen LogP contribution in [-0.4, -0.2) is 42.0 Å². The zero-order valence-corrected chi connectivity index (χ0v) is 19.4. The highest BCUT2D eigenvalue weighted by atomic mass is 32.2.